The Morgan fingerprint density at radius 3 is 2.37 bits per heavy atom. The van der Waals surface area contributed by atoms with Gasteiger partial charge in [-0.3, -0.25) is 14.0 Å². The molecule has 0 saturated heterocycles. The predicted octanol–water partition coefficient (Wildman–Crippen LogP) is 4.71. The number of hydrogen-bond acceptors (Lipinski definition) is 3. The van der Waals surface area contributed by atoms with Crippen LogP contribution in [-0.4, -0.2) is 21.2 Å². The number of aryl methyl sites for hydroxylation is 2. The van der Waals surface area contributed by atoms with E-state index < -0.39 is 0 Å². The largest absolute Gasteiger partial charge is 0.320 e. The van der Waals surface area contributed by atoms with Gasteiger partial charge >= 0.3 is 0 Å². The second kappa shape index (κ2) is 8.21. The number of anilines is 2. The highest BCUT2D eigenvalue weighted by Gasteiger charge is 2.22. The fourth-order valence-electron chi connectivity index (χ4n) is 3.27. The van der Waals surface area contributed by atoms with Crippen molar-refractivity contribution >= 4 is 28.7 Å². The van der Waals surface area contributed by atoms with Gasteiger partial charge in [-0.2, -0.15) is 0 Å². The quantitative estimate of drug-likeness (QED) is 0.511. The molecule has 0 fully saturated rings. The van der Waals surface area contributed by atoms with Gasteiger partial charge in [0.25, 0.3) is 11.8 Å². The van der Waals surface area contributed by atoms with E-state index in [0.717, 1.165) is 12.0 Å². The van der Waals surface area contributed by atoms with E-state index in [1.807, 2.05) is 61.5 Å². The first-order chi connectivity index (χ1) is 14.6. The Kier molecular flexibility index (Phi) is 5.30. The van der Waals surface area contributed by atoms with Crippen molar-refractivity contribution in [1.29, 1.82) is 0 Å². The molecule has 0 saturated carbocycles. The zero-order valence-electron chi connectivity index (χ0n) is 16.8. The van der Waals surface area contributed by atoms with Gasteiger partial charge < -0.3 is 10.6 Å². The molecule has 2 aromatic carbocycles. The minimum atomic E-state index is -0.379. The Labute approximate surface area is 174 Å². The van der Waals surface area contributed by atoms with Gasteiger partial charge in [0.05, 0.1) is 5.52 Å². The summed E-state index contributed by atoms with van der Waals surface area (Å²) in [5.74, 6) is -0.588. The molecule has 6 nitrogen and oxygen atoms in total. The fourth-order valence-corrected chi connectivity index (χ4v) is 3.27. The molecule has 150 valence electrons. The van der Waals surface area contributed by atoms with E-state index in [-0.39, 0.29) is 23.3 Å². The van der Waals surface area contributed by atoms with E-state index in [0.29, 0.717) is 16.9 Å². The maximum Gasteiger partial charge on any atom is 0.292 e. The second-order valence-electron chi connectivity index (χ2n) is 7.01. The van der Waals surface area contributed by atoms with Crippen LogP contribution in [0.25, 0.3) is 5.52 Å². The number of para-hydroxylation sites is 1. The first-order valence-corrected chi connectivity index (χ1v) is 9.81. The van der Waals surface area contributed by atoms with E-state index in [2.05, 4.69) is 22.5 Å². The summed E-state index contributed by atoms with van der Waals surface area (Å²) in [7, 11) is 0. The van der Waals surface area contributed by atoms with E-state index in [4.69, 9.17) is 0 Å². The van der Waals surface area contributed by atoms with E-state index in [1.165, 1.54) is 5.56 Å². The lowest BCUT2D eigenvalue weighted by molar-refractivity contribution is 0.101. The highest BCUT2D eigenvalue weighted by Crippen LogP contribution is 2.19. The standard InChI is InChI=1S/C24H22N4O2/c1-3-17-11-13-18(14-12-17)25-24(30)22-27-21(20-10-6-7-15-28(20)22)23(29)26-19-9-5-4-8-16(19)2/h4-15H,3H2,1-2H3,(H,25,30)(H,26,29). The number of rotatable bonds is 5. The molecule has 0 unspecified atom stereocenters. The molecule has 0 atom stereocenters. The van der Waals surface area contributed by atoms with E-state index in [1.54, 1.807) is 22.7 Å². The van der Waals surface area contributed by atoms with Crippen LogP contribution in [0, 0.1) is 6.92 Å². The molecule has 0 aliphatic rings. The van der Waals surface area contributed by atoms with Crippen molar-refractivity contribution in [1.82, 2.24) is 9.38 Å². The molecule has 4 aromatic rings. The molecule has 2 heterocycles. The summed E-state index contributed by atoms with van der Waals surface area (Å²) in [5, 5.41) is 5.75. The molecule has 6 heteroatoms. The first-order valence-electron chi connectivity index (χ1n) is 9.81. The number of aromatic nitrogens is 2. The third-order valence-corrected chi connectivity index (χ3v) is 4.98. The van der Waals surface area contributed by atoms with Crippen LogP contribution >= 0.6 is 0 Å². The third kappa shape index (κ3) is 3.80. The zero-order chi connectivity index (χ0) is 21.1. The summed E-state index contributed by atoms with van der Waals surface area (Å²) in [5.41, 5.74) is 4.29. The second-order valence-corrected chi connectivity index (χ2v) is 7.01. The Bertz CT molecular complexity index is 1230. The molecular formula is C24H22N4O2. The molecular weight excluding hydrogens is 376 g/mol. The van der Waals surface area contributed by atoms with Crippen LogP contribution in [0.15, 0.2) is 72.9 Å². The summed E-state index contributed by atoms with van der Waals surface area (Å²) in [6.45, 7) is 4.00. The molecule has 2 N–H and O–H groups in total. The third-order valence-electron chi connectivity index (χ3n) is 4.98. The maximum atomic E-state index is 12.9. The lowest BCUT2D eigenvalue weighted by Crippen LogP contribution is -2.16. The number of pyridine rings is 1. The summed E-state index contributed by atoms with van der Waals surface area (Å²) in [6, 6.07) is 20.6. The van der Waals surface area contributed by atoms with Crippen LogP contribution in [-0.2, 0) is 6.42 Å². The van der Waals surface area contributed by atoms with Gasteiger partial charge in [-0.1, -0.05) is 43.3 Å². The van der Waals surface area contributed by atoms with Crippen LogP contribution < -0.4 is 10.6 Å². The van der Waals surface area contributed by atoms with E-state index in [9.17, 15) is 9.59 Å². The number of nitrogens with one attached hydrogen (secondary N) is 2. The van der Waals surface area contributed by atoms with Crippen LogP contribution in [0.1, 0.15) is 39.2 Å². The fraction of sp³-hybridized carbons (Fsp3) is 0.125. The molecule has 4 rings (SSSR count). The highest BCUT2D eigenvalue weighted by molar-refractivity contribution is 6.10. The molecule has 2 amide bonds. The zero-order valence-corrected chi connectivity index (χ0v) is 16.8. The Morgan fingerprint density at radius 2 is 1.63 bits per heavy atom. The minimum absolute atomic E-state index is 0.153. The minimum Gasteiger partial charge on any atom is -0.320 e. The molecule has 0 bridgehead atoms. The van der Waals surface area contributed by atoms with Crippen molar-refractivity contribution in [3.63, 3.8) is 0 Å². The molecule has 30 heavy (non-hydrogen) atoms. The number of nitrogens with zero attached hydrogens (tertiary/aromatic N) is 2. The Balaban J connectivity index is 1.65. The molecule has 2 aromatic heterocycles. The number of carbonyl (C=O) groups excluding carboxylic acids is 2. The van der Waals surface area contributed by atoms with Gasteiger partial charge in [-0.25, -0.2) is 4.98 Å². The van der Waals surface area contributed by atoms with Gasteiger partial charge in [0, 0.05) is 17.6 Å². The van der Waals surface area contributed by atoms with Crippen LogP contribution in [0.5, 0.6) is 0 Å². The molecule has 0 aliphatic carbocycles. The van der Waals surface area contributed by atoms with Crippen molar-refractivity contribution in [2.24, 2.45) is 0 Å². The van der Waals surface area contributed by atoms with Crippen molar-refractivity contribution < 1.29 is 9.59 Å². The first kappa shape index (κ1) is 19.4. The average molecular weight is 398 g/mol. The summed E-state index contributed by atoms with van der Waals surface area (Å²) in [4.78, 5) is 30.2. The summed E-state index contributed by atoms with van der Waals surface area (Å²) < 4.78 is 1.63. The monoisotopic (exact) mass is 398 g/mol. The smallest absolute Gasteiger partial charge is 0.292 e. The van der Waals surface area contributed by atoms with Crippen molar-refractivity contribution in [2.45, 2.75) is 20.3 Å². The number of hydrogen-bond donors (Lipinski definition) is 2. The molecule has 0 radical (unpaired) electrons. The number of benzene rings is 2. The van der Waals surface area contributed by atoms with Gasteiger partial charge in [0.15, 0.2) is 5.69 Å². The highest BCUT2D eigenvalue weighted by atomic mass is 16.2. The van der Waals surface area contributed by atoms with Gasteiger partial charge in [0.2, 0.25) is 5.82 Å². The Hall–Kier alpha value is -3.93. The number of fused-ring (bicyclic) bond motifs is 1. The van der Waals surface area contributed by atoms with Crippen LogP contribution in [0.3, 0.4) is 0 Å². The predicted molar refractivity (Wildman–Crippen MR) is 118 cm³/mol. The van der Waals surface area contributed by atoms with Crippen molar-refractivity contribution in [3.05, 3.63) is 95.6 Å². The maximum absolute atomic E-state index is 12.9. The number of amides is 2. The molecule has 0 spiro atoms. The normalized spacial score (nSPS) is 10.7. The topological polar surface area (TPSA) is 75.5 Å². The SMILES string of the molecule is CCc1ccc(NC(=O)c2nc(C(=O)Nc3ccccc3C)c3ccccn23)cc1. The van der Waals surface area contributed by atoms with Crippen molar-refractivity contribution in [2.75, 3.05) is 10.6 Å². The Morgan fingerprint density at radius 1 is 0.900 bits per heavy atom. The lowest BCUT2D eigenvalue weighted by atomic mass is 10.1. The lowest BCUT2D eigenvalue weighted by Gasteiger charge is -2.06. The summed E-state index contributed by atoms with van der Waals surface area (Å²) in [6.07, 6.45) is 2.65. The van der Waals surface area contributed by atoms with Gasteiger partial charge in [-0.05, 0) is 54.8 Å². The van der Waals surface area contributed by atoms with Gasteiger partial charge in [0.1, 0.15) is 0 Å². The number of imidazole rings is 1. The van der Waals surface area contributed by atoms with Crippen LogP contribution in [0.2, 0.25) is 0 Å². The van der Waals surface area contributed by atoms with Crippen molar-refractivity contribution in [3.8, 4) is 0 Å². The van der Waals surface area contributed by atoms with E-state index >= 15 is 0 Å². The summed E-state index contributed by atoms with van der Waals surface area (Å²) >= 11 is 0. The number of carbonyl (C=O) groups is 2. The van der Waals surface area contributed by atoms with Crippen LogP contribution in [0.4, 0.5) is 11.4 Å². The van der Waals surface area contributed by atoms with Gasteiger partial charge in [-0.15, -0.1) is 0 Å². The average Bonchev–Trinajstić information content (AvgIpc) is 3.16. The molecule has 0 aliphatic heterocycles.